The van der Waals surface area contributed by atoms with Gasteiger partial charge in [0.25, 0.3) is 0 Å². The molecule has 2 amide bonds. The summed E-state index contributed by atoms with van der Waals surface area (Å²) in [5.74, 6) is -0.933. The Hall–Kier alpha value is -2.54. The van der Waals surface area contributed by atoms with E-state index < -0.39 is 22.7 Å². The first-order chi connectivity index (χ1) is 12.6. The lowest BCUT2D eigenvalue weighted by Crippen LogP contribution is -2.38. The van der Waals surface area contributed by atoms with Crippen LogP contribution in [0.2, 0.25) is 5.02 Å². The highest BCUT2D eigenvalue weighted by Gasteiger charge is 2.33. The number of anilines is 1. The molecule has 144 valence electrons. The van der Waals surface area contributed by atoms with Crippen LogP contribution in [-0.2, 0) is 15.8 Å². The Morgan fingerprint density at radius 1 is 1.15 bits per heavy atom. The number of hydrogen-bond acceptors (Lipinski definition) is 2. The van der Waals surface area contributed by atoms with Gasteiger partial charge in [-0.05, 0) is 30.7 Å². The van der Waals surface area contributed by atoms with Gasteiger partial charge in [0.1, 0.15) is 6.54 Å². The zero-order valence-corrected chi connectivity index (χ0v) is 15.4. The lowest BCUT2D eigenvalue weighted by Gasteiger charge is -2.28. The van der Waals surface area contributed by atoms with Crippen LogP contribution in [0.5, 0.6) is 0 Å². The molecule has 2 rings (SSSR count). The summed E-state index contributed by atoms with van der Waals surface area (Å²) in [4.78, 5) is 25.6. The summed E-state index contributed by atoms with van der Waals surface area (Å²) in [5.41, 5.74) is -0.248. The van der Waals surface area contributed by atoms with E-state index in [0.717, 1.165) is 17.7 Å². The molecule has 0 aliphatic heterocycles. The summed E-state index contributed by atoms with van der Waals surface area (Å²) in [6.45, 7) is 2.81. The Balaban J connectivity index is 2.14. The van der Waals surface area contributed by atoms with E-state index in [-0.39, 0.29) is 24.2 Å². The maximum Gasteiger partial charge on any atom is 0.417 e. The summed E-state index contributed by atoms with van der Waals surface area (Å²) in [6.07, 6.45) is -4.63. The molecule has 4 nitrogen and oxygen atoms in total. The molecule has 0 aliphatic rings. The topological polar surface area (TPSA) is 49.4 Å². The van der Waals surface area contributed by atoms with Crippen molar-refractivity contribution in [1.82, 2.24) is 4.90 Å². The molecule has 0 aliphatic carbocycles. The fraction of sp³-hybridized carbons (Fsp3) is 0.263. The van der Waals surface area contributed by atoms with Crippen LogP contribution in [0.4, 0.5) is 18.9 Å². The second-order valence-electron chi connectivity index (χ2n) is 5.97. The van der Waals surface area contributed by atoms with Crippen molar-refractivity contribution in [1.29, 1.82) is 0 Å². The van der Waals surface area contributed by atoms with Crippen molar-refractivity contribution in [2.45, 2.75) is 26.1 Å². The van der Waals surface area contributed by atoms with Gasteiger partial charge in [-0.2, -0.15) is 13.2 Å². The zero-order valence-electron chi connectivity index (χ0n) is 14.7. The van der Waals surface area contributed by atoms with Gasteiger partial charge >= 0.3 is 6.18 Å². The van der Waals surface area contributed by atoms with Crippen LogP contribution < -0.4 is 5.32 Å². The van der Waals surface area contributed by atoms with E-state index in [1.807, 2.05) is 30.3 Å². The Morgan fingerprint density at radius 2 is 1.78 bits per heavy atom. The van der Waals surface area contributed by atoms with Gasteiger partial charge in [0.05, 0.1) is 16.6 Å². The van der Waals surface area contributed by atoms with Gasteiger partial charge in [-0.25, -0.2) is 0 Å². The van der Waals surface area contributed by atoms with Crippen molar-refractivity contribution in [3.63, 3.8) is 0 Å². The number of amides is 2. The monoisotopic (exact) mass is 398 g/mol. The van der Waals surface area contributed by atoms with Crippen LogP contribution in [0, 0.1) is 0 Å². The Kier molecular flexibility index (Phi) is 6.49. The first-order valence-corrected chi connectivity index (χ1v) is 8.46. The first-order valence-electron chi connectivity index (χ1n) is 8.08. The highest BCUT2D eigenvalue weighted by molar-refractivity contribution is 6.31. The van der Waals surface area contributed by atoms with Crippen LogP contribution in [-0.4, -0.2) is 23.3 Å². The predicted molar refractivity (Wildman–Crippen MR) is 97.3 cm³/mol. The van der Waals surface area contributed by atoms with Gasteiger partial charge in [-0.15, -0.1) is 0 Å². The van der Waals surface area contributed by atoms with Gasteiger partial charge in [-0.1, -0.05) is 41.9 Å². The van der Waals surface area contributed by atoms with E-state index in [1.165, 1.54) is 17.9 Å². The van der Waals surface area contributed by atoms with E-state index in [9.17, 15) is 22.8 Å². The third-order valence-corrected chi connectivity index (χ3v) is 4.35. The Labute approximate surface area is 159 Å². The lowest BCUT2D eigenvalue weighted by atomic mass is 10.1. The van der Waals surface area contributed by atoms with Crippen LogP contribution in [0.25, 0.3) is 0 Å². The van der Waals surface area contributed by atoms with Crippen molar-refractivity contribution in [2.75, 3.05) is 11.9 Å². The molecule has 27 heavy (non-hydrogen) atoms. The molecule has 1 unspecified atom stereocenters. The summed E-state index contributed by atoms with van der Waals surface area (Å²) < 4.78 is 38.8. The molecule has 1 N–H and O–H groups in total. The molecular formula is C19H18ClF3N2O2. The molecule has 0 saturated heterocycles. The highest BCUT2D eigenvalue weighted by atomic mass is 35.5. The van der Waals surface area contributed by atoms with Gasteiger partial charge in [0, 0.05) is 12.6 Å². The van der Waals surface area contributed by atoms with Crippen LogP contribution in [0.15, 0.2) is 48.5 Å². The van der Waals surface area contributed by atoms with Crippen molar-refractivity contribution >= 4 is 29.1 Å². The number of nitrogens with zero attached hydrogens (tertiary/aromatic N) is 1. The number of alkyl halides is 3. The smallest absolute Gasteiger partial charge is 0.327 e. The van der Waals surface area contributed by atoms with Gasteiger partial charge in [0.2, 0.25) is 11.8 Å². The van der Waals surface area contributed by atoms with Crippen LogP contribution >= 0.6 is 11.6 Å². The maximum absolute atomic E-state index is 12.9. The number of carbonyl (C=O) groups is 2. The van der Waals surface area contributed by atoms with Crippen LogP contribution in [0.1, 0.15) is 31.0 Å². The predicted octanol–water partition coefficient (Wildman–Crippen LogP) is 4.91. The average Bonchev–Trinajstić information content (AvgIpc) is 2.60. The third-order valence-electron chi connectivity index (χ3n) is 4.02. The number of benzene rings is 2. The van der Waals surface area contributed by atoms with E-state index in [4.69, 9.17) is 11.6 Å². The SMILES string of the molecule is CC(=O)N(CC(=O)Nc1ccc(Cl)c(C(F)(F)F)c1)C(C)c1ccccc1. The molecule has 0 bridgehead atoms. The normalized spacial score (nSPS) is 12.4. The molecule has 2 aromatic rings. The summed E-state index contributed by atoms with van der Waals surface area (Å²) >= 11 is 5.57. The molecule has 0 spiro atoms. The summed E-state index contributed by atoms with van der Waals surface area (Å²) in [6, 6.07) is 11.8. The second-order valence-corrected chi connectivity index (χ2v) is 6.38. The largest absolute Gasteiger partial charge is 0.417 e. The minimum atomic E-state index is -4.63. The van der Waals surface area contributed by atoms with Crippen molar-refractivity contribution in [3.05, 3.63) is 64.7 Å². The van der Waals surface area contributed by atoms with Crippen LogP contribution in [0.3, 0.4) is 0 Å². The highest BCUT2D eigenvalue weighted by Crippen LogP contribution is 2.36. The summed E-state index contributed by atoms with van der Waals surface area (Å²) in [7, 11) is 0. The zero-order chi connectivity index (χ0) is 20.2. The number of hydrogen-bond donors (Lipinski definition) is 1. The number of carbonyl (C=O) groups excluding carboxylic acids is 2. The first kappa shape index (κ1) is 20.8. The molecular weight excluding hydrogens is 381 g/mol. The number of halogens is 4. The fourth-order valence-corrected chi connectivity index (χ4v) is 2.83. The molecule has 0 saturated carbocycles. The average molecular weight is 399 g/mol. The molecule has 8 heteroatoms. The van der Waals surface area contributed by atoms with Gasteiger partial charge in [0.15, 0.2) is 0 Å². The second kappa shape index (κ2) is 8.43. The Bertz CT molecular complexity index is 825. The summed E-state index contributed by atoms with van der Waals surface area (Å²) in [5, 5.41) is 1.93. The van der Waals surface area contributed by atoms with E-state index in [1.54, 1.807) is 6.92 Å². The minimum Gasteiger partial charge on any atom is -0.327 e. The quantitative estimate of drug-likeness (QED) is 0.778. The molecule has 0 aromatic heterocycles. The number of nitrogens with one attached hydrogen (secondary N) is 1. The van der Waals surface area contributed by atoms with Gasteiger partial charge in [-0.3, -0.25) is 9.59 Å². The van der Waals surface area contributed by atoms with Crippen molar-refractivity contribution < 1.29 is 22.8 Å². The fourth-order valence-electron chi connectivity index (χ4n) is 2.61. The third kappa shape index (κ3) is 5.47. The Morgan fingerprint density at radius 3 is 2.33 bits per heavy atom. The maximum atomic E-state index is 12.9. The molecule has 0 heterocycles. The molecule has 1 atom stereocenters. The standard InChI is InChI=1S/C19H18ClF3N2O2/c1-12(14-6-4-3-5-7-14)25(13(2)26)11-18(27)24-15-8-9-17(20)16(10-15)19(21,22)23/h3-10,12H,11H2,1-2H3,(H,24,27). The molecule has 0 fully saturated rings. The van der Waals surface area contributed by atoms with E-state index in [2.05, 4.69) is 5.32 Å². The molecule has 2 aromatic carbocycles. The minimum absolute atomic E-state index is 0.0485. The van der Waals surface area contributed by atoms with Gasteiger partial charge < -0.3 is 10.2 Å². The lowest BCUT2D eigenvalue weighted by molar-refractivity contribution is -0.137. The van der Waals surface area contributed by atoms with E-state index >= 15 is 0 Å². The number of rotatable bonds is 5. The van der Waals surface area contributed by atoms with Crippen molar-refractivity contribution in [2.24, 2.45) is 0 Å². The molecule has 0 radical (unpaired) electrons. The van der Waals surface area contributed by atoms with Crippen molar-refractivity contribution in [3.8, 4) is 0 Å². The van der Waals surface area contributed by atoms with E-state index in [0.29, 0.717) is 0 Å².